The first kappa shape index (κ1) is 15.3. The first-order chi connectivity index (χ1) is 8.17. The molecule has 1 unspecified atom stereocenters. The van der Waals surface area contributed by atoms with Crippen LogP contribution in [0.2, 0.25) is 0 Å². The molecule has 0 saturated heterocycles. The highest BCUT2D eigenvalue weighted by Gasteiger charge is 2.19. The fourth-order valence-electron chi connectivity index (χ4n) is 2.01. The number of ketones is 1. The molecule has 0 bridgehead atoms. The fraction of sp³-hybridized carbons (Fsp3) is 0.714. The maximum atomic E-state index is 11.9. The lowest BCUT2D eigenvalue weighted by Gasteiger charge is -2.22. The van der Waals surface area contributed by atoms with Crippen LogP contribution < -0.4 is 5.73 Å². The van der Waals surface area contributed by atoms with Crippen molar-refractivity contribution in [3.63, 3.8) is 0 Å². The Morgan fingerprint density at radius 3 is 2.44 bits per heavy atom. The minimum Gasteiger partial charge on any atom is -0.327 e. The molecule has 0 aromatic carbocycles. The Morgan fingerprint density at radius 1 is 1.39 bits per heavy atom. The van der Waals surface area contributed by atoms with E-state index >= 15 is 0 Å². The van der Waals surface area contributed by atoms with Gasteiger partial charge in [0.1, 0.15) is 10.8 Å². The van der Waals surface area contributed by atoms with E-state index in [0.717, 1.165) is 17.1 Å². The number of aromatic nitrogens is 1. The average molecular weight is 268 g/mol. The third-order valence-electron chi connectivity index (χ3n) is 2.79. The molecule has 0 aliphatic carbocycles. The molecule has 18 heavy (non-hydrogen) atoms. The second-order valence-electron chi connectivity index (χ2n) is 6.19. The molecular formula is C14H24N2OS. The highest BCUT2D eigenvalue weighted by atomic mass is 32.1. The number of carbonyl (C=O) groups excluding carboxylic acids is 1. The Labute approximate surface area is 114 Å². The Kier molecular flexibility index (Phi) is 5.05. The van der Waals surface area contributed by atoms with Crippen LogP contribution in [-0.4, -0.2) is 16.8 Å². The van der Waals surface area contributed by atoms with Crippen LogP contribution in [0.1, 0.15) is 49.2 Å². The summed E-state index contributed by atoms with van der Waals surface area (Å²) < 4.78 is 0. The van der Waals surface area contributed by atoms with Gasteiger partial charge in [-0.1, -0.05) is 20.8 Å². The molecule has 0 aliphatic rings. The van der Waals surface area contributed by atoms with Crippen LogP contribution in [0.3, 0.4) is 0 Å². The molecule has 0 fully saturated rings. The molecule has 3 nitrogen and oxygen atoms in total. The van der Waals surface area contributed by atoms with E-state index in [9.17, 15) is 4.79 Å². The lowest BCUT2D eigenvalue weighted by Crippen LogP contribution is -2.29. The average Bonchev–Trinajstić information content (AvgIpc) is 2.41. The zero-order valence-corrected chi connectivity index (χ0v) is 12.9. The van der Waals surface area contributed by atoms with Gasteiger partial charge in [0.2, 0.25) is 0 Å². The van der Waals surface area contributed by atoms with Crippen molar-refractivity contribution in [1.82, 2.24) is 4.98 Å². The lowest BCUT2D eigenvalue weighted by atomic mass is 9.86. The van der Waals surface area contributed by atoms with Crippen LogP contribution in [0.5, 0.6) is 0 Å². The van der Waals surface area contributed by atoms with Crippen LogP contribution in [0, 0.1) is 19.3 Å². The number of nitrogens with zero attached hydrogens (tertiary/aromatic N) is 1. The first-order valence-corrected chi connectivity index (χ1v) is 7.19. The van der Waals surface area contributed by atoms with Gasteiger partial charge in [0.15, 0.2) is 0 Å². The van der Waals surface area contributed by atoms with Gasteiger partial charge in [-0.25, -0.2) is 4.98 Å². The number of Topliss-reactive ketones (excluding diaryl/α,β-unsaturated/α-hetero) is 1. The molecule has 102 valence electrons. The molecule has 0 saturated carbocycles. The van der Waals surface area contributed by atoms with E-state index in [0.29, 0.717) is 12.8 Å². The van der Waals surface area contributed by atoms with Crippen molar-refractivity contribution < 1.29 is 4.79 Å². The van der Waals surface area contributed by atoms with Crippen molar-refractivity contribution in [2.45, 2.75) is 59.9 Å². The fourth-order valence-corrected chi connectivity index (χ4v) is 2.97. The van der Waals surface area contributed by atoms with Crippen LogP contribution >= 0.6 is 11.3 Å². The second-order valence-corrected chi connectivity index (χ2v) is 7.48. The van der Waals surface area contributed by atoms with Crippen LogP contribution in [0.15, 0.2) is 0 Å². The molecule has 4 heteroatoms. The van der Waals surface area contributed by atoms with Gasteiger partial charge in [0.25, 0.3) is 0 Å². The van der Waals surface area contributed by atoms with Gasteiger partial charge in [-0.05, 0) is 25.7 Å². The Hall–Kier alpha value is -0.740. The van der Waals surface area contributed by atoms with Crippen molar-refractivity contribution in [3.8, 4) is 0 Å². The molecule has 0 radical (unpaired) electrons. The summed E-state index contributed by atoms with van der Waals surface area (Å²) in [5.74, 6) is 0.195. The minimum absolute atomic E-state index is 0.0420. The smallest absolute Gasteiger partial charge is 0.141 e. The van der Waals surface area contributed by atoms with Gasteiger partial charge in [0, 0.05) is 17.3 Å². The molecular weight excluding hydrogens is 244 g/mol. The highest BCUT2D eigenvalue weighted by Crippen LogP contribution is 2.22. The van der Waals surface area contributed by atoms with Gasteiger partial charge >= 0.3 is 0 Å². The quantitative estimate of drug-likeness (QED) is 0.893. The van der Waals surface area contributed by atoms with Crippen LogP contribution in [0.25, 0.3) is 0 Å². The summed E-state index contributed by atoms with van der Waals surface area (Å²) in [6.07, 6.45) is 1.75. The number of hydrogen-bond acceptors (Lipinski definition) is 4. The molecule has 2 N–H and O–H groups in total. The van der Waals surface area contributed by atoms with Gasteiger partial charge in [0.05, 0.1) is 12.1 Å². The van der Waals surface area contributed by atoms with Gasteiger partial charge in [-0.2, -0.15) is 0 Å². The van der Waals surface area contributed by atoms with E-state index in [2.05, 4.69) is 25.8 Å². The minimum atomic E-state index is -0.0420. The Bertz CT molecular complexity index is 398. The van der Waals surface area contributed by atoms with Crippen molar-refractivity contribution in [2.75, 3.05) is 0 Å². The van der Waals surface area contributed by atoms with Crippen LogP contribution in [-0.2, 0) is 11.2 Å². The van der Waals surface area contributed by atoms with Crippen molar-refractivity contribution in [1.29, 1.82) is 0 Å². The molecule has 1 heterocycles. The van der Waals surface area contributed by atoms with E-state index in [-0.39, 0.29) is 17.2 Å². The molecule has 1 aromatic heterocycles. The largest absolute Gasteiger partial charge is 0.327 e. The third kappa shape index (κ3) is 5.27. The number of nitrogens with two attached hydrogens (primary N) is 1. The molecule has 0 amide bonds. The van der Waals surface area contributed by atoms with Gasteiger partial charge in [-0.3, -0.25) is 4.79 Å². The Balaban J connectivity index is 2.47. The lowest BCUT2D eigenvalue weighted by molar-refractivity contribution is -0.118. The molecule has 1 rings (SSSR count). The van der Waals surface area contributed by atoms with Crippen molar-refractivity contribution in [2.24, 2.45) is 11.1 Å². The summed E-state index contributed by atoms with van der Waals surface area (Å²) in [7, 11) is 0. The number of thiazole rings is 1. The van der Waals surface area contributed by atoms with Gasteiger partial charge in [-0.15, -0.1) is 11.3 Å². The Morgan fingerprint density at radius 2 is 2.00 bits per heavy atom. The third-order valence-corrected chi connectivity index (χ3v) is 3.86. The maximum absolute atomic E-state index is 11.9. The standard InChI is InChI=1S/C14H24N2OS/c1-9-10(2)18-13(16-9)7-12(17)6-11(15)8-14(3,4)5/h11H,6-8,15H2,1-5H3. The predicted octanol–water partition coefficient (Wildman–Crippen LogP) is 3.03. The summed E-state index contributed by atoms with van der Waals surface area (Å²) in [5, 5.41) is 0.915. The molecule has 0 aliphatic heterocycles. The highest BCUT2D eigenvalue weighted by molar-refractivity contribution is 7.11. The van der Waals surface area contributed by atoms with E-state index in [1.54, 1.807) is 11.3 Å². The molecule has 1 aromatic rings. The number of aryl methyl sites for hydroxylation is 2. The summed E-state index contributed by atoms with van der Waals surface area (Å²) in [6.45, 7) is 10.4. The van der Waals surface area contributed by atoms with E-state index in [4.69, 9.17) is 5.73 Å². The number of rotatable bonds is 5. The van der Waals surface area contributed by atoms with E-state index in [1.807, 2.05) is 13.8 Å². The SMILES string of the molecule is Cc1nc(CC(=O)CC(N)CC(C)(C)C)sc1C. The summed E-state index contributed by atoms with van der Waals surface area (Å²) in [5.41, 5.74) is 7.22. The zero-order valence-electron chi connectivity index (χ0n) is 12.0. The number of carbonyl (C=O) groups is 1. The summed E-state index contributed by atoms with van der Waals surface area (Å²) >= 11 is 1.61. The molecule has 0 spiro atoms. The number of hydrogen-bond donors (Lipinski definition) is 1. The maximum Gasteiger partial charge on any atom is 0.141 e. The zero-order chi connectivity index (χ0) is 13.9. The molecule has 1 atom stereocenters. The van der Waals surface area contributed by atoms with E-state index in [1.165, 1.54) is 4.88 Å². The summed E-state index contributed by atoms with van der Waals surface area (Å²) in [6, 6.07) is -0.0420. The summed E-state index contributed by atoms with van der Waals surface area (Å²) in [4.78, 5) is 17.5. The predicted molar refractivity (Wildman–Crippen MR) is 77.0 cm³/mol. The van der Waals surface area contributed by atoms with Crippen molar-refractivity contribution in [3.05, 3.63) is 15.6 Å². The van der Waals surface area contributed by atoms with Crippen molar-refractivity contribution >= 4 is 17.1 Å². The topological polar surface area (TPSA) is 56.0 Å². The van der Waals surface area contributed by atoms with E-state index < -0.39 is 0 Å². The van der Waals surface area contributed by atoms with Gasteiger partial charge < -0.3 is 5.73 Å². The first-order valence-electron chi connectivity index (χ1n) is 6.37. The second kappa shape index (κ2) is 5.93. The van der Waals surface area contributed by atoms with Crippen LogP contribution in [0.4, 0.5) is 0 Å². The normalized spacial score (nSPS) is 13.7. The monoisotopic (exact) mass is 268 g/mol.